The molecule has 0 saturated carbocycles. The van der Waals surface area contributed by atoms with Crippen LogP contribution in [0.1, 0.15) is 55.8 Å². The van der Waals surface area contributed by atoms with Crippen molar-refractivity contribution in [3.63, 3.8) is 0 Å². The lowest BCUT2D eigenvalue weighted by molar-refractivity contribution is -0.132. The van der Waals surface area contributed by atoms with Crippen molar-refractivity contribution in [2.45, 2.75) is 51.5 Å². The van der Waals surface area contributed by atoms with E-state index in [1.807, 2.05) is 41.0 Å². The zero-order valence-corrected chi connectivity index (χ0v) is 15.1. The molecule has 0 spiro atoms. The molecular formula is C20H28N2O3. The lowest BCUT2D eigenvalue weighted by atomic mass is 10.2. The topological polar surface area (TPSA) is 49.9 Å². The van der Waals surface area contributed by atoms with Crippen LogP contribution in [0.3, 0.4) is 0 Å². The number of rotatable bonds is 6. The van der Waals surface area contributed by atoms with Crippen molar-refractivity contribution in [3.8, 4) is 5.75 Å². The second-order valence-electron chi connectivity index (χ2n) is 6.97. The van der Waals surface area contributed by atoms with Crippen molar-refractivity contribution in [2.75, 3.05) is 26.2 Å². The van der Waals surface area contributed by atoms with Gasteiger partial charge in [0.25, 0.3) is 5.91 Å². The number of hydrogen-bond donors (Lipinski definition) is 0. The smallest absolute Gasteiger partial charge is 0.253 e. The Labute approximate surface area is 149 Å². The van der Waals surface area contributed by atoms with Crippen LogP contribution in [0.15, 0.2) is 24.3 Å². The standard InChI is InChI=1S/C20H28N2O3/c1-2-6-19(23)22-14-5-7-17(22)15-25-18-10-8-16(9-11-18)20(24)21-12-3-4-13-21/h8-11,17H,2-7,12-15H2,1H3. The molecule has 1 atom stereocenters. The molecule has 1 aromatic carbocycles. The zero-order valence-electron chi connectivity index (χ0n) is 15.1. The second-order valence-corrected chi connectivity index (χ2v) is 6.97. The van der Waals surface area contributed by atoms with Crippen molar-refractivity contribution in [2.24, 2.45) is 0 Å². The Morgan fingerprint density at radius 1 is 1.08 bits per heavy atom. The normalized spacial score (nSPS) is 20.1. The number of nitrogens with zero attached hydrogens (tertiary/aromatic N) is 2. The maximum atomic E-state index is 12.3. The van der Waals surface area contributed by atoms with Crippen molar-refractivity contribution >= 4 is 11.8 Å². The highest BCUT2D eigenvalue weighted by molar-refractivity contribution is 5.94. The van der Waals surface area contributed by atoms with Gasteiger partial charge in [-0.15, -0.1) is 0 Å². The molecule has 0 N–H and O–H groups in total. The highest BCUT2D eigenvalue weighted by Gasteiger charge is 2.28. The molecule has 2 aliphatic rings. The molecule has 0 radical (unpaired) electrons. The SMILES string of the molecule is CCCC(=O)N1CCCC1COc1ccc(C(=O)N2CCCC2)cc1. The van der Waals surface area contributed by atoms with Gasteiger partial charge in [-0.25, -0.2) is 0 Å². The van der Waals surface area contributed by atoms with Gasteiger partial charge in [0.2, 0.25) is 5.91 Å². The fraction of sp³-hybridized carbons (Fsp3) is 0.600. The maximum absolute atomic E-state index is 12.3. The van der Waals surface area contributed by atoms with Crippen LogP contribution < -0.4 is 4.74 Å². The van der Waals surface area contributed by atoms with Crippen LogP contribution in [0.5, 0.6) is 5.75 Å². The number of carbonyl (C=O) groups excluding carboxylic acids is 2. The largest absolute Gasteiger partial charge is 0.491 e. The molecule has 0 bridgehead atoms. The van der Waals surface area contributed by atoms with Crippen molar-refractivity contribution in [1.82, 2.24) is 9.80 Å². The molecular weight excluding hydrogens is 316 g/mol. The number of amides is 2. The van der Waals surface area contributed by atoms with Crippen LogP contribution in [0.25, 0.3) is 0 Å². The van der Waals surface area contributed by atoms with Gasteiger partial charge in [0.1, 0.15) is 12.4 Å². The first kappa shape index (κ1) is 17.8. The molecule has 3 rings (SSSR count). The van der Waals surface area contributed by atoms with Gasteiger partial charge >= 0.3 is 0 Å². The van der Waals surface area contributed by atoms with E-state index >= 15 is 0 Å². The Morgan fingerprint density at radius 3 is 2.48 bits per heavy atom. The molecule has 0 aliphatic carbocycles. The van der Waals surface area contributed by atoms with E-state index in [2.05, 4.69) is 0 Å². The Morgan fingerprint density at radius 2 is 1.80 bits per heavy atom. The number of ether oxygens (including phenoxy) is 1. The monoisotopic (exact) mass is 344 g/mol. The summed E-state index contributed by atoms with van der Waals surface area (Å²) in [7, 11) is 0. The molecule has 0 aromatic heterocycles. The summed E-state index contributed by atoms with van der Waals surface area (Å²) < 4.78 is 5.89. The lowest BCUT2D eigenvalue weighted by Gasteiger charge is -2.24. The van der Waals surface area contributed by atoms with Crippen molar-refractivity contribution in [3.05, 3.63) is 29.8 Å². The molecule has 2 saturated heterocycles. The van der Waals surface area contributed by atoms with E-state index < -0.39 is 0 Å². The number of carbonyl (C=O) groups is 2. The minimum Gasteiger partial charge on any atom is -0.491 e. The Bertz CT molecular complexity index is 593. The molecule has 1 aromatic rings. The summed E-state index contributed by atoms with van der Waals surface area (Å²) >= 11 is 0. The van der Waals surface area contributed by atoms with E-state index in [1.54, 1.807) is 0 Å². The fourth-order valence-corrected chi connectivity index (χ4v) is 3.68. The quantitative estimate of drug-likeness (QED) is 0.797. The van der Waals surface area contributed by atoms with E-state index in [0.717, 1.165) is 63.1 Å². The average Bonchev–Trinajstić information content (AvgIpc) is 3.31. The molecule has 2 aliphatic heterocycles. The van der Waals surface area contributed by atoms with Crippen LogP contribution >= 0.6 is 0 Å². The van der Waals surface area contributed by atoms with E-state index in [4.69, 9.17) is 4.74 Å². The first-order chi connectivity index (χ1) is 12.2. The van der Waals surface area contributed by atoms with Crippen LogP contribution in [0, 0.1) is 0 Å². The molecule has 25 heavy (non-hydrogen) atoms. The predicted octanol–water partition coefficient (Wildman–Crippen LogP) is 3.09. The van der Waals surface area contributed by atoms with E-state index in [0.29, 0.717) is 13.0 Å². The molecule has 1 unspecified atom stereocenters. The minimum absolute atomic E-state index is 0.108. The predicted molar refractivity (Wildman–Crippen MR) is 96.7 cm³/mol. The van der Waals surface area contributed by atoms with Crippen LogP contribution in [0.2, 0.25) is 0 Å². The highest BCUT2D eigenvalue weighted by Crippen LogP contribution is 2.21. The molecule has 2 heterocycles. The summed E-state index contributed by atoms with van der Waals surface area (Å²) in [6.45, 7) is 5.12. The van der Waals surface area contributed by atoms with E-state index in [-0.39, 0.29) is 17.9 Å². The van der Waals surface area contributed by atoms with Crippen molar-refractivity contribution < 1.29 is 14.3 Å². The summed E-state index contributed by atoms with van der Waals surface area (Å²) in [5.74, 6) is 1.10. The van der Waals surface area contributed by atoms with Gasteiger partial charge in [-0.05, 0) is 56.4 Å². The van der Waals surface area contributed by atoms with Gasteiger partial charge in [-0.3, -0.25) is 9.59 Å². The highest BCUT2D eigenvalue weighted by atomic mass is 16.5. The van der Waals surface area contributed by atoms with Gasteiger partial charge in [0.15, 0.2) is 0 Å². The molecule has 136 valence electrons. The first-order valence-corrected chi connectivity index (χ1v) is 9.50. The molecule has 5 nitrogen and oxygen atoms in total. The number of benzene rings is 1. The first-order valence-electron chi connectivity index (χ1n) is 9.50. The van der Waals surface area contributed by atoms with Crippen molar-refractivity contribution in [1.29, 1.82) is 0 Å². The third-order valence-corrected chi connectivity index (χ3v) is 5.10. The Hall–Kier alpha value is -2.04. The van der Waals surface area contributed by atoms with Gasteiger partial charge < -0.3 is 14.5 Å². The second kappa shape index (κ2) is 8.37. The van der Waals surface area contributed by atoms with Crippen LogP contribution in [-0.4, -0.2) is 53.9 Å². The van der Waals surface area contributed by atoms with Gasteiger partial charge in [-0.1, -0.05) is 6.92 Å². The Balaban J connectivity index is 1.53. The van der Waals surface area contributed by atoms with Gasteiger partial charge in [-0.2, -0.15) is 0 Å². The maximum Gasteiger partial charge on any atom is 0.253 e. The van der Waals surface area contributed by atoms with Gasteiger partial charge in [0, 0.05) is 31.6 Å². The van der Waals surface area contributed by atoms with Crippen LogP contribution in [0.4, 0.5) is 0 Å². The third-order valence-electron chi connectivity index (χ3n) is 5.10. The number of hydrogen-bond acceptors (Lipinski definition) is 3. The summed E-state index contributed by atoms with van der Waals surface area (Å²) in [6, 6.07) is 7.56. The summed E-state index contributed by atoms with van der Waals surface area (Å²) in [5, 5.41) is 0. The fourth-order valence-electron chi connectivity index (χ4n) is 3.68. The summed E-state index contributed by atoms with van der Waals surface area (Å²) in [4.78, 5) is 28.4. The average molecular weight is 344 g/mol. The lowest BCUT2D eigenvalue weighted by Crippen LogP contribution is -2.38. The third kappa shape index (κ3) is 4.33. The molecule has 2 fully saturated rings. The Kier molecular flexibility index (Phi) is 5.95. The summed E-state index contributed by atoms with van der Waals surface area (Å²) in [6.07, 6.45) is 5.75. The van der Waals surface area contributed by atoms with E-state index in [1.165, 1.54) is 0 Å². The molecule has 2 amide bonds. The van der Waals surface area contributed by atoms with Crippen LogP contribution in [-0.2, 0) is 4.79 Å². The van der Waals surface area contributed by atoms with E-state index in [9.17, 15) is 9.59 Å². The molecule has 5 heteroatoms. The number of likely N-dealkylation sites (tertiary alicyclic amines) is 2. The zero-order chi connectivity index (χ0) is 17.6. The van der Waals surface area contributed by atoms with Gasteiger partial charge in [0.05, 0.1) is 6.04 Å². The minimum atomic E-state index is 0.108. The summed E-state index contributed by atoms with van der Waals surface area (Å²) in [5.41, 5.74) is 0.717.